The average molecular weight is 297 g/mol. The second-order valence-corrected chi connectivity index (χ2v) is 5.57. The van der Waals surface area contributed by atoms with Gasteiger partial charge in [0, 0.05) is 12.6 Å². The minimum Gasteiger partial charge on any atom is -0.462 e. The second-order valence-electron chi connectivity index (χ2n) is 4.55. The summed E-state index contributed by atoms with van der Waals surface area (Å²) >= 11 is 1.19. The number of carbonyl (C=O) groups excluding carboxylic acids is 2. The van der Waals surface area contributed by atoms with Crippen molar-refractivity contribution in [3.8, 4) is 0 Å². The van der Waals surface area contributed by atoms with E-state index in [2.05, 4.69) is 10.6 Å². The van der Waals surface area contributed by atoms with Crippen molar-refractivity contribution >= 4 is 33.9 Å². The van der Waals surface area contributed by atoms with Gasteiger partial charge in [0.2, 0.25) is 0 Å². The fraction of sp³-hybridized carbons (Fsp3) is 0.538. The molecule has 20 heavy (non-hydrogen) atoms. The van der Waals surface area contributed by atoms with Gasteiger partial charge in [0.25, 0.3) is 5.91 Å². The Hall–Kier alpha value is -1.76. The number of anilines is 2. The molecule has 1 heterocycles. The molecule has 1 aromatic rings. The van der Waals surface area contributed by atoms with Crippen LogP contribution in [0.2, 0.25) is 0 Å². The lowest BCUT2D eigenvalue weighted by Gasteiger charge is -2.05. The maximum absolute atomic E-state index is 12.1. The van der Waals surface area contributed by atoms with Crippen molar-refractivity contribution in [1.82, 2.24) is 5.32 Å². The lowest BCUT2D eigenvalue weighted by atomic mass is 10.2. The van der Waals surface area contributed by atoms with E-state index in [0.717, 1.165) is 12.8 Å². The van der Waals surface area contributed by atoms with Crippen LogP contribution >= 0.6 is 11.3 Å². The minimum atomic E-state index is -0.498. The van der Waals surface area contributed by atoms with Gasteiger partial charge in [-0.2, -0.15) is 0 Å². The largest absolute Gasteiger partial charge is 0.462 e. The van der Waals surface area contributed by atoms with Gasteiger partial charge >= 0.3 is 5.97 Å². The third-order valence-corrected chi connectivity index (χ3v) is 4.04. The van der Waals surface area contributed by atoms with Crippen molar-refractivity contribution in [2.45, 2.75) is 32.7 Å². The summed E-state index contributed by atoms with van der Waals surface area (Å²) in [6.45, 7) is 4.54. The molecule has 0 aliphatic heterocycles. The van der Waals surface area contributed by atoms with Crippen LogP contribution in [0.3, 0.4) is 0 Å². The van der Waals surface area contributed by atoms with E-state index in [-0.39, 0.29) is 29.8 Å². The van der Waals surface area contributed by atoms with Gasteiger partial charge in [-0.15, -0.1) is 11.3 Å². The molecule has 4 N–H and O–H groups in total. The molecular formula is C13H19N3O3S. The first-order chi connectivity index (χ1) is 9.58. The summed E-state index contributed by atoms with van der Waals surface area (Å²) in [4.78, 5) is 24.4. The van der Waals surface area contributed by atoms with Crippen LogP contribution in [0, 0.1) is 0 Å². The Bertz CT molecular complexity index is 523. The lowest BCUT2D eigenvalue weighted by Crippen LogP contribution is -2.25. The second kappa shape index (κ2) is 6.13. The van der Waals surface area contributed by atoms with Crippen molar-refractivity contribution in [1.29, 1.82) is 0 Å². The number of thiophene rings is 1. The van der Waals surface area contributed by atoms with Crippen molar-refractivity contribution < 1.29 is 14.3 Å². The molecule has 0 bridgehead atoms. The molecule has 1 aromatic heterocycles. The van der Waals surface area contributed by atoms with E-state index in [0.29, 0.717) is 16.4 Å². The molecule has 1 amide bonds. The van der Waals surface area contributed by atoms with E-state index in [1.807, 2.05) is 6.92 Å². The van der Waals surface area contributed by atoms with Crippen molar-refractivity contribution in [2.75, 3.05) is 24.2 Å². The maximum atomic E-state index is 12.1. The molecule has 6 nitrogen and oxygen atoms in total. The molecule has 1 saturated carbocycles. The van der Waals surface area contributed by atoms with Crippen LogP contribution in [0.4, 0.5) is 10.7 Å². The number of nitrogens with one attached hydrogen (secondary N) is 2. The lowest BCUT2D eigenvalue weighted by molar-refractivity contribution is 0.0529. The van der Waals surface area contributed by atoms with Crippen LogP contribution in [-0.2, 0) is 4.74 Å². The first-order valence-corrected chi connectivity index (χ1v) is 7.54. The molecule has 0 unspecified atom stereocenters. The number of hydrogen-bond acceptors (Lipinski definition) is 6. The summed E-state index contributed by atoms with van der Waals surface area (Å²) in [5.74, 6) is -0.715. The summed E-state index contributed by atoms with van der Waals surface area (Å²) in [5, 5.41) is 6.52. The van der Waals surface area contributed by atoms with Crippen LogP contribution in [-0.4, -0.2) is 31.1 Å². The number of esters is 1. The average Bonchev–Trinajstić information content (AvgIpc) is 3.13. The van der Waals surface area contributed by atoms with Crippen molar-refractivity contribution in [3.05, 3.63) is 10.4 Å². The van der Waals surface area contributed by atoms with Crippen molar-refractivity contribution in [2.24, 2.45) is 0 Å². The molecule has 1 aliphatic carbocycles. The van der Waals surface area contributed by atoms with Crippen LogP contribution in [0.25, 0.3) is 0 Å². The van der Waals surface area contributed by atoms with E-state index in [1.165, 1.54) is 11.3 Å². The monoisotopic (exact) mass is 297 g/mol. The molecular weight excluding hydrogens is 278 g/mol. The van der Waals surface area contributed by atoms with E-state index in [9.17, 15) is 9.59 Å². The Morgan fingerprint density at radius 3 is 2.65 bits per heavy atom. The highest BCUT2D eigenvalue weighted by molar-refractivity contribution is 7.19. The summed E-state index contributed by atoms with van der Waals surface area (Å²) in [6, 6.07) is 0.248. The van der Waals surface area contributed by atoms with E-state index < -0.39 is 5.97 Å². The highest BCUT2D eigenvalue weighted by atomic mass is 32.1. The van der Waals surface area contributed by atoms with Crippen LogP contribution in [0.1, 0.15) is 46.7 Å². The fourth-order valence-corrected chi connectivity index (χ4v) is 2.86. The first kappa shape index (κ1) is 14.6. The topological polar surface area (TPSA) is 93.5 Å². The zero-order valence-corrected chi connectivity index (χ0v) is 12.4. The van der Waals surface area contributed by atoms with Crippen LogP contribution < -0.4 is 16.4 Å². The third-order valence-electron chi connectivity index (χ3n) is 2.88. The summed E-state index contributed by atoms with van der Waals surface area (Å²) in [7, 11) is 0. The van der Waals surface area contributed by atoms with Gasteiger partial charge in [0.1, 0.15) is 15.4 Å². The number of amides is 1. The quantitative estimate of drug-likeness (QED) is 0.697. The van der Waals surface area contributed by atoms with Gasteiger partial charge in [-0.05, 0) is 26.7 Å². The van der Waals surface area contributed by atoms with E-state index >= 15 is 0 Å². The van der Waals surface area contributed by atoms with Gasteiger partial charge in [-0.25, -0.2) is 4.79 Å². The number of rotatable bonds is 6. The number of nitrogen functional groups attached to an aromatic ring is 1. The molecule has 1 fully saturated rings. The summed E-state index contributed by atoms with van der Waals surface area (Å²) in [6.07, 6.45) is 2.00. The predicted octanol–water partition coefficient (Wildman–Crippen LogP) is 1.83. The minimum absolute atomic E-state index is 0.197. The molecule has 1 aliphatic rings. The van der Waals surface area contributed by atoms with E-state index in [4.69, 9.17) is 10.5 Å². The van der Waals surface area contributed by atoms with Gasteiger partial charge in [-0.1, -0.05) is 0 Å². The zero-order chi connectivity index (χ0) is 14.7. The normalized spacial score (nSPS) is 13.9. The predicted molar refractivity (Wildman–Crippen MR) is 79.3 cm³/mol. The summed E-state index contributed by atoms with van der Waals surface area (Å²) < 4.78 is 5.00. The Balaban J connectivity index is 2.30. The highest BCUT2D eigenvalue weighted by Crippen LogP contribution is 2.36. The van der Waals surface area contributed by atoms with Gasteiger partial charge in [-0.3, -0.25) is 4.79 Å². The van der Waals surface area contributed by atoms with Crippen LogP contribution in [0.5, 0.6) is 0 Å². The molecule has 2 rings (SSSR count). The number of nitrogens with two attached hydrogens (primary N) is 1. The molecule has 0 atom stereocenters. The number of carbonyl (C=O) groups is 2. The van der Waals surface area contributed by atoms with Gasteiger partial charge < -0.3 is 21.1 Å². The molecule has 0 radical (unpaired) electrons. The maximum Gasteiger partial charge on any atom is 0.343 e. The highest BCUT2D eigenvalue weighted by Gasteiger charge is 2.29. The Labute approximate surface area is 121 Å². The summed E-state index contributed by atoms with van der Waals surface area (Å²) in [5.41, 5.74) is 6.43. The number of hydrogen-bond donors (Lipinski definition) is 3. The molecule has 0 spiro atoms. The molecule has 7 heteroatoms. The van der Waals surface area contributed by atoms with Gasteiger partial charge in [0.05, 0.1) is 12.3 Å². The smallest absolute Gasteiger partial charge is 0.343 e. The fourth-order valence-electron chi connectivity index (χ4n) is 1.78. The van der Waals surface area contributed by atoms with Crippen LogP contribution in [0.15, 0.2) is 0 Å². The Morgan fingerprint density at radius 2 is 2.10 bits per heavy atom. The number of ether oxygens (including phenoxy) is 1. The standard InChI is InChI=1S/C13H19N3O3S/c1-3-15-12-8(13(18)19-4-2)9(14)10(20-12)11(17)16-7-5-6-7/h7,15H,3-6,14H2,1-2H3,(H,16,17). The van der Waals surface area contributed by atoms with Gasteiger partial charge in [0.15, 0.2) is 0 Å². The molecule has 110 valence electrons. The Morgan fingerprint density at radius 1 is 1.40 bits per heavy atom. The SMILES string of the molecule is CCNc1sc(C(=O)NC2CC2)c(N)c1C(=O)OCC. The third kappa shape index (κ3) is 3.04. The zero-order valence-electron chi connectivity index (χ0n) is 11.6. The Kier molecular flexibility index (Phi) is 4.49. The van der Waals surface area contributed by atoms with E-state index in [1.54, 1.807) is 6.92 Å². The molecule has 0 aromatic carbocycles. The molecule has 0 saturated heterocycles. The first-order valence-electron chi connectivity index (χ1n) is 6.72. The van der Waals surface area contributed by atoms with Crippen molar-refractivity contribution in [3.63, 3.8) is 0 Å².